The van der Waals surface area contributed by atoms with Gasteiger partial charge < -0.3 is 0 Å². The van der Waals surface area contributed by atoms with Crippen LogP contribution in [0.3, 0.4) is 0 Å². The minimum absolute atomic E-state index is 0.520. The van der Waals surface area contributed by atoms with Gasteiger partial charge in [0.2, 0.25) is 0 Å². The highest BCUT2D eigenvalue weighted by Crippen LogP contribution is 2.38. The van der Waals surface area contributed by atoms with Gasteiger partial charge in [-0.05, 0) is 36.5 Å². The molecule has 0 spiro atoms. The van der Waals surface area contributed by atoms with Crippen LogP contribution in [0, 0.1) is 5.92 Å². The molecule has 1 saturated carbocycles. The predicted octanol–water partition coefficient (Wildman–Crippen LogP) is 4.85. The fourth-order valence-corrected chi connectivity index (χ4v) is 3.11. The van der Waals surface area contributed by atoms with Crippen molar-refractivity contribution in [1.29, 1.82) is 0 Å². The second kappa shape index (κ2) is 5.23. The molecule has 1 aromatic carbocycles. The van der Waals surface area contributed by atoms with Gasteiger partial charge >= 0.3 is 0 Å². The van der Waals surface area contributed by atoms with Gasteiger partial charge in [-0.2, -0.15) is 0 Å². The third-order valence-electron chi connectivity index (χ3n) is 3.43. The van der Waals surface area contributed by atoms with E-state index in [0.717, 1.165) is 16.8 Å². The third-order valence-corrected chi connectivity index (χ3v) is 4.02. The molecule has 1 aliphatic carbocycles. The maximum absolute atomic E-state index is 6.09. The molecule has 2 rings (SSSR count). The summed E-state index contributed by atoms with van der Waals surface area (Å²) in [5, 5.41) is 0.804. The van der Waals surface area contributed by atoms with Crippen LogP contribution < -0.4 is 0 Å². The Morgan fingerprint density at radius 3 is 2.27 bits per heavy atom. The van der Waals surface area contributed by atoms with Crippen molar-refractivity contribution in [2.75, 3.05) is 5.88 Å². The lowest BCUT2D eigenvalue weighted by molar-refractivity contribution is 0.464. The van der Waals surface area contributed by atoms with Gasteiger partial charge in [-0.15, -0.1) is 11.6 Å². The Labute approximate surface area is 102 Å². The lowest BCUT2D eigenvalue weighted by Gasteiger charge is -2.21. The summed E-state index contributed by atoms with van der Waals surface area (Å²) in [6.07, 6.45) is 5.40. The molecular weight excluding hydrogens is 227 g/mol. The van der Waals surface area contributed by atoms with Crippen molar-refractivity contribution in [2.45, 2.75) is 31.6 Å². The van der Waals surface area contributed by atoms with E-state index in [1.54, 1.807) is 0 Å². The maximum Gasteiger partial charge on any atom is 0.0406 e. The van der Waals surface area contributed by atoms with Crippen LogP contribution in [0.4, 0.5) is 0 Å². The molecule has 1 fully saturated rings. The minimum Gasteiger partial charge on any atom is -0.126 e. The van der Waals surface area contributed by atoms with E-state index in [-0.39, 0.29) is 0 Å². The molecule has 15 heavy (non-hydrogen) atoms. The zero-order valence-corrected chi connectivity index (χ0v) is 10.3. The van der Waals surface area contributed by atoms with Gasteiger partial charge in [-0.25, -0.2) is 0 Å². The van der Waals surface area contributed by atoms with E-state index in [1.807, 2.05) is 12.1 Å². The summed E-state index contributed by atoms with van der Waals surface area (Å²) in [5.74, 6) is 2.03. The van der Waals surface area contributed by atoms with Gasteiger partial charge in [0.1, 0.15) is 0 Å². The Hall–Kier alpha value is -0.200. The average molecular weight is 243 g/mol. The molecule has 1 atom stereocenters. The zero-order chi connectivity index (χ0) is 10.7. The quantitative estimate of drug-likeness (QED) is 0.665. The van der Waals surface area contributed by atoms with E-state index >= 15 is 0 Å². The molecule has 0 heterocycles. The Balaban J connectivity index is 2.14. The van der Waals surface area contributed by atoms with Crippen molar-refractivity contribution >= 4 is 23.2 Å². The molecule has 0 N–H and O–H groups in total. The van der Waals surface area contributed by atoms with E-state index in [1.165, 1.54) is 31.2 Å². The second-order valence-corrected chi connectivity index (χ2v) is 5.10. The van der Waals surface area contributed by atoms with Gasteiger partial charge in [-0.3, -0.25) is 0 Å². The maximum atomic E-state index is 6.09. The summed E-state index contributed by atoms with van der Waals surface area (Å²) in [6, 6.07) is 8.16. The topological polar surface area (TPSA) is 0 Å². The lowest BCUT2D eigenvalue weighted by atomic mass is 9.86. The van der Waals surface area contributed by atoms with Crippen LogP contribution in [0.5, 0.6) is 0 Å². The lowest BCUT2D eigenvalue weighted by Crippen LogP contribution is -2.11. The van der Waals surface area contributed by atoms with Gasteiger partial charge in [0.25, 0.3) is 0 Å². The molecule has 1 aliphatic rings. The zero-order valence-electron chi connectivity index (χ0n) is 8.76. The summed E-state index contributed by atoms with van der Waals surface area (Å²) >= 11 is 12.0. The first kappa shape index (κ1) is 11.3. The molecule has 82 valence electrons. The van der Waals surface area contributed by atoms with E-state index < -0.39 is 0 Å². The van der Waals surface area contributed by atoms with Gasteiger partial charge in [0.15, 0.2) is 0 Å². The van der Waals surface area contributed by atoms with Crippen molar-refractivity contribution < 1.29 is 0 Å². The first-order chi connectivity index (χ1) is 7.31. The molecular formula is C13H16Cl2. The molecule has 1 aromatic rings. The van der Waals surface area contributed by atoms with Gasteiger partial charge in [0, 0.05) is 16.8 Å². The number of rotatable bonds is 3. The fourth-order valence-electron chi connectivity index (χ4n) is 2.56. The largest absolute Gasteiger partial charge is 0.126 e. The number of hydrogen-bond acceptors (Lipinski definition) is 0. The second-order valence-electron chi connectivity index (χ2n) is 4.36. The number of hydrogen-bond donors (Lipinski definition) is 0. The average Bonchev–Trinajstić information content (AvgIpc) is 2.75. The van der Waals surface area contributed by atoms with Crippen LogP contribution in [-0.4, -0.2) is 5.88 Å². The van der Waals surface area contributed by atoms with Crippen LogP contribution in [-0.2, 0) is 0 Å². The smallest absolute Gasteiger partial charge is 0.0406 e. The number of halogens is 2. The van der Waals surface area contributed by atoms with Crippen LogP contribution in [0.25, 0.3) is 0 Å². The molecule has 0 aliphatic heterocycles. The van der Waals surface area contributed by atoms with E-state index in [2.05, 4.69) is 12.1 Å². The Bertz CT molecular complexity index is 299. The number of alkyl halides is 1. The monoisotopic (exact) mass is 242 g/mol. The van der Waals surface area contributed by atoms with E-state index in [0.29, 0.717) is 5.92 Å². The Morgan fingerprint density at radius 1 is 1.13 bits per heavy atom. The van der Waals surface area contributed by atoms with Gasteiger partial charge in [-0.1, -0.05) is 36.6 Å². The predicted molar refractivity (Wildman–Crippen MR) is 66.9 cm³/mol. The van der Waals surface area contributed by atoms with Crippen LogP contribution in [0.1, 0.15) is 37.2 Å². The minimum atomic E-state index is 0.520. The van der Waals surface area contributed by atoms with Crippen molar-refractivity contribution in [1.82, 2.24) is 0 Å². The van der Waals surface area contributed by atoms with Crippen LogP contribution in [0.15, 0.2) is 24.3 Å². The summed E-state index contributed by atoms with van der Waals surface area (Å²) in [4.78, 5) is 0. The fraction of sp³-hybridized carbons (Fsp3) is 0.538. The van der Waals surface area contributed by atoms with Crippen molar-refractivity contribution in [3.05, 3.63) is 34.9 Å². The highest BCUT2D eigenvalue weighted by Gasteiger charge is 2.25. The standard InChI is InChI=1S/C13H16Cl2/c14-9-13(10-3-1-2-4-10)11-5-7-12(15)8-6-11/h5-8,10,13H,1-4,9H2. The van der Waals surface area contributed by atoms with Crippen LogP contribution >= 0.6 is 23.2 Å². The Morgan fingerprint density at radius 2 is 1.73 bits per heavy atom. The summed E-state index contributed by atoms with van der Waals surface area (Å²) in [7, 11) is 0. The molecule has 1 unspecified atom stereocenters. The molecule has 0 amide bonds. The molecule has 2 heteroatoms. The molecule has 0 aromatic heterocycles. The molecule has 0 radical (unpaired) electrons. The van der Waals surface area contributed by atoms with E-state index in [9.17, 15) is 0 Å². The Kier molecular flexibility index (Phi) is 3.93. The first-order valence-corrected chi connectivity index (χ1v) is 6.54. The number of benzene rings is 1. The summed E-state index contributed by atoms with van der Waals surface area (Å²) in [6.45, 7) is 0. The highest BCUT2D eigenvalue weighted by atomic mass is 35.5. The summed E-state index contributed by atoms with van der Waals surface area (Å²) in [5.41, 5.74) is 1.35. The van der Waals surface area contributed by atoms with E-state index in [4.69, 9.17) is 23.2 Å². The van der Waals surface area contributed by atoms with Crippen molar-refractivity contribution in [2.24, 2.45) is 5.92 Å². The normalized spacial score (nSPS) is 19.3. The molecule has 0 saturated heterocycles. The molecule has 0 bridgehead atoms. The van der Waals surface area contributed by atoms with Crippen molar-refractivity contribution in [3.8, 4) is 0 Å². The highest BCUT2D eigenvalue weighted by molar-refractivity contribution is 6.30. The summed E-state index contributed by atoms with van der Waals surface area (Å²) < 4.78 is 0. The van der Waals surface area contributed by atoms with Crippen LogP contribution in [0.2, 0.25) is 5.02 Å². The third kappa shape index (κ3) is 2.68. The van der Waals surface area contributed by atoms with Gasteiger partial charge in [0.05, 0.1) is 0 Å². The SMILES string of the molecule is ClCC(c1ccc(Cl)cc1)C1CCCC1. The first-order valence-electron chi connectivity index (χ1n) is 5.62. The van der Waals surface area contributed by atoms with Crippen molar-refractivity contribution in [3.63, 3.8) is 0 Å². The molecule has 0 nitrogen and oxygen atoms in total.